The van der Waals surface area contributed by atoms with Crippen LogP contribution in [0.5, 0.6) is 5.75 Å². The minimum absolute atomic E-state index is 0.637. The lowest BCUT2D eigenvalue weighted by Crippen LogP contribution is -2.83. The molecule has 19 heavy (non-hydrogen) atoms. The zero-order valence-electron chi connectivity index (χ0n) is 10.5. The highest BCUT2D eigenvalue weighted by Gasteiger charge is 2.02. The number of nitrogens with two attached hydrogens (primary N) is 1. The normalized spacial score (nSPS) is 10.4. The Kier molecular flexibility index (Phi) is 5.70. The summed E-state index contributed by atoms with van der Waals surface area (Å²) in [7, 11) is 0. The first-order valence-electron chi connectivity index (χ1n) is 6.19. The molecule has 0 radical (unpaired) electrons. The lowest BCUT2D eigenvalue weighted by Gasteiger charge is -2.07. The summed E-state index contributed by atoms with van der Waals surface area (Å²) in [6.45, 7) is 2.52. The third-order valence-electron chi connectivity index (χ3n) is 2.70. The Bertz CT molecular complexity index is 519. The van der Waals surface area contributed by atoms with E-state index in [1.807, 2.05) is 24.3 Å². The van der Waals surface area contributed by atoms with E-state index in [2.05, 4.69) is 45.5 Å². The Balaban J connectivity index is 1.69. The molecule has 0 amide bonds. The van der Waals surface area contributed by atoms with Crippen LogP contribution < -0.4 is 10.1 Å². The molecule has 0 aliphatic carbocycles. The lowest BCUT2D eigenvalue weighted by atomic mass is 10.2. The number of hydrogen-bond donors (Lipinski definition) is 1. The molecular weight excluding hydrogens is 326 g/mol. The fourth-order valence-corrected chi connectivity index (χ4v) is 2.46. The number of rotatable bonds is 6. The Morgan fingerprint density at radius 2 is 1.89 bits per heavy atom. The van der Waals surface area contributed by atoms with Crippen molar-refractivity contribution in [1.82, 2.24) is 0 Å². The van der Waals surface area contributed by atoms with E-state index in [1.54, 1.807) is 0 Å². The second-order valence-electron chi connectivity index (χ2n) is 4.19. The predicted octanol–water partition coefficient (Wildman–Crippen LogP) is 3.24. The molecule has 0 aliphatic heterocycles. The van der Waals surface area contributed by atoms with Crippen LogP contribution in [0.4, 0.5) is 0 Å². The van der Waals surface area contributed by atoms with Crippen molar-refractivity contribution in [3.63, 3.8) is 0 Å². The van der Waals surface area contributed by atoms with E-state index in [-0.39, 0.29) is 0 Å². The molecule has 2 nitrogen and oxygen atoms in total. The van der Waals surface area contributed by atoms with Crippen molar-refractivity contribution in [2.75, 3.05) is 13.2 Å². The van der Waals surface area contributed by atoms with Gasteiger partial charge in [0.2, 0.25) is 0 Å². The molecule has 2 N–H and O–H groups in total. The van der Waals surface area contributed by atoms with Crippen LogP contribution in [0.2, 0.25) is 5.02 Å². The molecule has 0 aliphatic rings. The third kappa shape index (κ3) is 4.86. The summed E-state index contributed by atoms with van der Waals surface area (Å²) in [4.78, 5) is 0. The molecule has 0 unspecified atom stereocenters. The van der Waals surface area contributed by atoms with Gasteiger partial charge in [-0.2, -0.15) is 0 Å². The van der Waals surface area contributed by atoms with Crippen molar-refractivity contribution in [1.29, 1.82) is 0 Å². The minimum Gasteiger partial charge on any atom is -0.486 e. The summed E-state index contributed by atoms with van der Waals surface area (Å²) >= 11 is 9.44. The van der Waals surface area contributed by atoms with Crippen molar-refractivity contribution in [2.24, 2.45) is 0 Å². The van der Waals surface area contributed by atoms with E-state index < -0.39 is 0 Å². The van der Waals surface area contributed by atoms with Gasteiger partial charge in [-0.25, -0.2) is 0 Å². The van der Waals surface area contributed by atoms with Gasteiger partial charge in [-0.3, -0.25) is 0 Å². The monoisotopic (exact) mass is 340 g/mol. The van der Waals surface area contributed by atoms with Gasteiger partial charge < -0.3 is 10.1 Å². The maximum atomic E-state index is 6.07. The van der Waals surface area contributed by atoms with Crippen LogP contribution in [0.3, 0.4) is 0 Å². The number of ether oxygens (including phenoxy) is 1. The van der Waals surface area contributed by atoms with Gasteiger partial charge >= 0.3 is 0 Å². The first kappa shape index (κ1) is 14.4. The Hall–Kier alpha value is -1.03. The zero-order valence-corrected chi connectivity index (χ0v) is 12.8. The summed E-state index contributed by atoms with van der Waals surface area (Å²) in [5.74, 6) is 0.734. The maximum Gasteiger partial charge on any atom is 0.138 e. The fourth-order valence-electron chi connectivity index (χ4n) is 1.73. The Morgan fingerprint density at radius 3 is 2.63 bits per heavy atom. The van der Waals surface area contributed by atoms with E-state index in [4.69, 9.17) is 16.3 Å². The lowest BCUT2D eigenvalue weighted by molar-refractivity contribution is -0.671. The molecule has 100 valence electrons. The van der Waals surface area contributed by atoms with Crippen molar-refractivity contribution < 1.29 is 10.1 Å². The van der Waals surface area contributed by atoms with Crippen LogP contribution in [-0.4, -0.2) is 13.2 Å². The van der Waals surface area contributed by atoms with E-state index in [9.17, 15) is 0 Å². The van der Waals surface area contributed by atoms with E-state index in [1.165, 1.54) is 5.56 Å². The summed E-state index contributed by atoms with van der Waals surface area (Å²) in [6, 6.07) is 16.0. The molecule has 0 bridgehead atoms. The molecular formula is C15H16BrClNO+. The number of halogens is 2. The Morgan fingerprint density at radius 1 is 1.11 bits per heavy atom. The SMILES string of the molecule is Clc1cc(Br)ccc1OCC[NH2+]Cc1ccccc1. The van der Waals surface area contributed by atoms with Crippen molar-refractivity contribution in [2.45, 2.75) is 6.54 Å². The average Bonchev–Trinajstić information content (AvgIpc) is 2.42. The minimum atomic E-state index is 0.637. The van der Waals surface area contributed by atoms with E-state index in [0.717, 1.165) is 23.3 Å². The van der Waals surface area contributed by atoms with Gasteiger partial charge in [0.05, 0.1) is 5.02 Å². The third-order valence-corrected chi connectivity index (χ3v) is 3.48. The first-order chi connectivity index (χ1) is 9.25. The second-order valence-corrected chi connectivity index (χ2v) is 5.51. The van der Waals surface area contributed by atoms with Gasteiger partial charge in [-0.05, 0) is 18.2 Å². The van der Waals surface area contributed by atoms with Gasteiger partial charge in [-0.1, -0.05) is 57.9 Å². The molecule has 0 heterocycles. The quantitative estimate of drug-likeness (QED) is 0.802. The molecule has 0 aromatic heterocycles. The number of quaternary nitrogens is 1. The highest BCUT2D eigenvalue weighted by molar-refractivity contribution is 9.10. The van der Waals surface area contributed by atoms with E-state index >= 15 is 0 Å². The van der Waals surface area contributed by atoms with Crippen LogP contribution in [0, 0.1) is 0 Å². The zero-order chi connectivity index (χ0) is 13.5. The molecule has 0 saturated carbocycles. The first-order valence-corrected chi connectivity index (χ1v) is 7.36. The molecule has 0 spiro atoms. The van der Waals surface area contributed by atoms with Gasteiger partial charge in [0.15, 0.2) is 0 Å². The van der Waals surface area contributed by atoms with Crippen LogP contribution in [0.1, 0.15) is 5.56 Å². The average molecular weight is 342 g/mol. The second kappa shape index (κ2) is 7.53. The fraction of sp³-hybridized carbons (Fsp3) is 0.200. The summed E-state index contributed by atoms with van der Waals surface area (Å²) in [5, 5.41) is 2.86. The van der Waals surface area contributed by atoms with Crippen molar-refractivity contribution in [3.05, 3.63) is 63.6 Å². The predicted molar refractivity (Wildman–Crippen MR) is 81.6 cm³/mol. The number of benzene rings is 2. The molecule has 2 rings (SSSR count). The van der Waals surface area contributed by atoms with Crippen molar-refractivity contribution >= 4 is 27.5 Å². The summed E-state index contributed by atoms with van der Waals surface area (Å²) < 4.78 is 6.60. The molecule has 2 aromatic rings. The summed E-state index contributed by atoms with van der Waals surface area (Å²) in [6.07, 6.45) is 0. The van der Waals surface area contributed by atoms with Gasteiger partial charge in [0, 0.05) is 10.0 Å². The Labute approximate surface area is 126 Å². The van der Waals surface area contributed by atoms with Crippen LogP contribution in [-0.2, 0) is 6.54 Å². The molecule has 0 atom stereocenters. The van der Waals surface area contributed by atoms with Crippen LogP contribution in [0.25, 0.3) is 0 Å². The van der Waals surface area contributed by atoms with Gasteiger partial charge in [-0.15, -0.1) is 0 Å². The van der Waals surface area contributed by atoms with Crippen LogP contribution >= 0.6 is 27.5 Å². The van der Waals surface area contributed by atoms with E-state index in [0.29, 0.717) is 11.6 Å². The van der Waals surface area contributed by atoms with Crippen LogP contribution in [0.15, 0.2) is 53.0 Å². The molecule has 0 fully saturated rings. The van der Waals surface area contributed by atoms with Gasteiger partial charge in [0.25, 0.3) is 0 Å². The van der Waals surface area contributed by atoms with Crippen molar-refractivity contribution in [3.8, 4) is 5.75 Å². The topological polar surface area (TPSA) is 25.8 Å². The summed E-state index contributed by atoms with van der Waals surface area (Å²) in [5.41, 5.74) is 1.32. The molecule has 4 heteroatoms. The smallest absolute Gasteiger partial charge is 0.138 e. The molecule has 2 aromatic carbocycles. The van der Waals surface area contributed by atoms with Gasteiger partial charge in [0.1, 0.15) is 25.4 Å². The largest absolute Gasteiger partial charge is 0.486 e. The standard InChI is InChI=1S/C15H15BrClNO/c16-13-6-7-15(14(17)10-13)19-9-8-18-11-12-4-2-1-3-5-12/h1-7,10,18H,8-9,11H2/p+1. The number of hydrogen-bond acceptors (Lipinski definition) is 1. The highest BCUT2D eigenvalue weighted by atomic mass is 79.9. The maximum absolute atomic E-state index is 6.07. The highest BCUT2D eigenvalue weighted by Crippen LogP contribution is 2.27. The molecule has 0 saturated heterocycles.